The van der Waals surface area contributed by atoms with Gasteiger partial charge in [-0.25, -0.2) is 25.4 Å². The van der Waals surface area contributed by atoms with E-state index in [2.05, 4.69) is 36.1 Å². The Morgan fingerprint density at radius 1 is 1.16 bits per heavy atom. The highest BCUT2D eigenvalue weighted by molar-refractivity contribution is 6.27. The Hall–Kier alpha value is -3.76. The van der Waals surface area contributed by atoms with E-state index in [4.69, 9.17) is 9.82 Å². The summed E-state index contributed by atoms with van der Waals surface area (Å²) in [5, 5.41) is 6.24. The first-order valence-electron chi connectivity index (χ1n) is 9.66. The lowest BCUT2D eigenvalue weighted by atomic mass is 10.2. The summed E-state index contributed by atoms with van der Waals surface area (Å²) >= 11 is 0. The van der Waals surface area contributed by atoms with E-state index in [0.717, 1.165) is 11.1 Å². The van der Waals surface area contributed by atoms with E-state index in [-0.39, 0.29) is 5.84 Å². The Morgan fingerprint density at radius 2 is 2.00 bits per heavy atom. The zero-order valence-corrected chi connectivity index (χ0v) is 17.4. The molecule has 3 aromatic rings. The Kier molecular flexibility index (Phi) is 8.09. The topological polar surface area (TPSA) is 126 Å². The maximum absolute atomic E-state index is 11.5. The largest absolute Gasteiger partial charge is 0.366 e. The van der Waals surface area contributed by atoms with Gasteiger partial charge in [0, 0.05) is 50.0 Å². The molecule has 3 rings (SSSR count). The number of pyridine rings is 2. The van der Waals surface area contributed by atoms with Gasteiger partial charge >= 0.3 is 0 Å². The van der Waals surface area contributed by atoms with E-state index in [9.17, 15) is 4.79 Å². The Morgan fingerprint density at radius 3 is 2.71 bits per heavy atom. The first-order valence-corrected chi connectivity index (χ1v) is 9.66. The van der Waals surface area contributed by atoms with Crippen molar-refractivity contribution < 1.29 is 9.63 Å². The third-order valence-electron chi connectivity index (χ3n) is 4.16. The second kappa shape index (κ2) is 11.4. The van der Waals surface area contributed by atoms with Crippen LogP contribution in [0.3, 0.4) is 0 Å². The van der Waals surface area contributed by atoms with Gasteiger partial charge in [-0.05, 0) is 30.7 Å². The Labute approximate surface area is 180 Å². The molecule has 0 fully saturated rings. The molecule has 3 heterocycles. The summed E-state index contributed by atoms with van der Waals surface area (Å²) in [6, 6.07) is 7.44. The molecule has 3 aromatic heterocycles. The molecule has 3 N–H and O–H groups in total. The van der Waals surface area contributed by atoms with Gasteiger partial charge in [0.05, 0.1) is 12.8 Å². The van der Waals surface area contributed by atoms with Crippen molar-refractivity contribution in [1.82, 2.24) is 30.7 Å². The van der Waals surface area contributed by atoms with Gasteiger partial charge in [-0.3, -0.25) is 9.78 Å². The van der Waals surface area contributed by atoms with Gasteiger partial charge in [0.2, 0.25) is 0 Å². The van der Waals surface area contributed by atoms with Crippen LogP contribution in [0.1, 0.15) is 11.4 Å². The maximum atomic E-state index is 11.5. The maximum Gasteiger partial charge on any atom is 0.185 e. The average molecular weight is 420 g/mol. The molecule has 0 saturated carbocycles. The summed E-state index contributed by atoms with van der Waals surface area (Å²) in [4.78, 5) is 38.0. The molecule has 0 atom stereocenters. The lowest BCUT2D eigenvalue weighted by molar-refractivity contribution is -0.102. The molecular weight excluding hydrogens is 396 g/mol. The fourth-order valence-electron chi connectivity index (χ4n) is 2.63. The summed E-state index contributed by atoms with van der Waals surface area (Å²) in [5.74, 6) is 1.40. The molecule has 0 amide bonds. The molecule has 0 aliphatic heterocycles. The van der Waals surface area contributed by atoms with E-state index in [1.54, 1.807) is 30.9 Å². The highest BCUT2D eigenvalue weighted by atomic mass is 16.6. The van der Waals surface area contributed by atoms with Crippen LogP contribution in [0, 0.1) is 6.92 Å². The molecule has 0 aromatic carbocycles. The number of hydrogen-bond donors (Lipinski definition) is 3. The van der Waals surface area contributed by atoms with Gasteiger partial charge in [-0.15, -0.1) is 0 Å². The quantitative estimate of drug-likeness (QED) is 0.148. The monoisotopic (exact) mass is 420 g/mol. The van der Waals surface area contributed by atoms with Crippen LogP contribution in [-0.4, -0.2) is 52.3 Å². The molecule has 0 aliphatic carbocycles. The van der Waals surface area contributed by atoms with E-state index in [0.29, 0.717) is 48.9 Å². The average Bonchev–Trinajstić information content (AvgIpc) is 2.81. The van der Waals surface area contributed by atoms with E-state index >= 15 is 0 Å². The lowest BCUT2D eigenvalue weighted by Crippen LogP contribution is -2.32. The summed E-state index contributed by atoms with van der Waals surface area (Å²) in [5.41, 5.74) is 5.68. The van der Waals surface area contributed by atoms with Crippen molar-refractivity contribution in [3.05, 3.63) is 60.4 Å². The van der Waals surface area contributed by atoms with Crippen LogP contribution in [-0.2, 0) is 16.2 Å². The highest BCUT2D eigenvalue weighted by Gasteiger charge is 2.09. The number of nitrogens with zero attached hydrogens (tertiary/aromatic N) is 5. The summed E-state index contributed by atoms with van der Waals surface area (Å²) in [6.45, 7) is 3.31. The lowest BCUT2D eigenvalue weighted by Gasteiger charge is -2.12. The summed E-state index contributed by atoms with van der Waals surface area (Å²) in [7, 11) is 1.53. The van der Waals surface area contributed by atoms with Gasteiger partial charge in [-0.2, -0.15) is 0 Å². The van der Waals surface area contributed by atoms with Crippen LogP contribution in [0.5, 0.6) is 0 Å². The number of aromatic nitrogens is 4. The number of hydrogen-bond acceptors (Lipinski definition) is 9. The first kappa shape index (κ1) is 21.9. The van der Waals surface area contributed by atoms with Crippen LogP contribution >= 0.6 is 0 Å². The number of aryl methyl sites for hydroxylation is 1. The van der Waals surface area contributed by atoms with Crippen molar-refractivity contribution in [1.29, 1.82) is 0 Å². The number of hydroxylamine groups is 1. The zero-order valence-electron chi connectivity index (χ0n) is 17.4. The molecule has 160 valence electrons. The van der Waals surface area contributed by atoms with Gasteiger partial charge < -0.3 is 15.5 Å². The van der Waals surface area contributed by atoms with Crippen LogP contribution in [0.15, 0.2) is 54.0 Å². The number of carbonyl (C=O) groups excluding carboxylic acids is 1. The molecule has 0 spiro atoms. The van der Waals surface area contributed by atoms with Crippen molar-refractivity contribution in [2.24, 2.45) is 4.99 Å². The van der Waals surface area contributed by atoms with E-state index < -0.39 is 0 Å². The van der Waals surface area contributed by atoms with Crippen LogP contribution in [0.4, 0.5) is 11.5 Å². The summed E-state index contributed by atoms with van der Waals surface area (Å²) < 4.78 is 0. The second-order valence-electron chi connectivity index (χ2n) is 6.44. The van der Waals surface area contributed by atoms with Crippen molar-refractivity contribution >= 4 is 23.6 Å². The smallest absolute Gasteiger partial charge is 0.185 e. The standard InChI is InChI=1S/C21H24N8O2/c1-15-24-12-17(13-25-15)18-5-6-19(28-20(14-30)23-8-9-27-31-2)21(29-18)26-11-16-4-3-7-22-10-16/h3-7,10,12-14,27H,8-9,11H2,1-2H3,(H,23,28)(H,26,29). The van der Waals surface area contributed by atoms with Gasteiger partial charge in [0.15, 0.2) is 17.9 Å². The second-order valence-corrected chi connectivity index (χ2v) is 6.44. The SMILES string of the molecule is CONCCN/C(C=O)=N/c1ccc(-c2cnc(C)nc2)nc1NCc1cccnc1. The number of aliphatic imine (C=N–C) groups is 1. The van der Waals surface area contributed by atoms with Crippen LogP contribution in [0.25, 0.3) is 11.3 Å². The fraction of sp³-hybridized carbons (Fsp3) is 0.238. The predicted molar refractivity (Wildman–Crippen MR) is 118 cm³/mol. The number of rotatable bonds is 10. The third-order valence-corrected chi connectivity index (χ3v) is 4.16. The van der Waals surface area contributed by atoms with Gasteiger partial charge in [0.1, 0.15) is 11.5 Å². The third kappa shape index (κ3) is 6.63. The van der Waals surface area contributed by atoms with Crippen LogP contribution in [0.2, 0.25) is 0 Å². The van der Waals surface area contributed by atoms with Crippen molar-refractivity contribution in [2.45, 2.75) is 13.5 Å². The fourth-order valence-corrected chi connectivity index (χ4v) is 2.63. The highest BCUT2D eigenvalue weighted by Crippen LogP contribution is 2.27. The minimum Gasteiger partial charge on any atom is -0.366 e. The molecular formula is C21H24N8O2. The number of anilines is 1. The number of aldehydes is 1. The molecule has 0 saturated heterocycles. The minimum atomic E-state index is 0.190. The predicted octanol–water partition coefficient (Wildman–Crippen LogP) is 1.82. The summed E-state index contributed by atoms with van der Waals surface area (Å²) in [6.07, 6.45) is 7.60. The normalized spacial score (nSPS) is 11.2. The molecule has 10 heteroatoms. The first-order chi connectivity index (χ1) is 15.2. The zero-order chi connectivity index (χ0) is 21.9. The molecule has 0 radical (unpaired) electrons. The minimum absolute atomic E-state index is 0.190. The van der Waals surface area contributed by atoms with Crippen molar-refractivity contribution in [3.63, 3.8) is 0 Å². The number of carbonyl (C=O) groups is 1. The molecule has 0 bridgehead atoms. The Balaban J connectivity index is 1.87. The van der Waals surface area contributed by atoms with Crippen molar-refractivity contribution in [3.8, 4) is 11.3 Å². The van der Waals surface area contributed by atoms with Crippen molar-refractivity contribution in [2.75, 3.05) is 25.5 Å². The number of amidine groups is 1. The molecule has 10 nitrogen and oxygen atoms in total. The van der Waals surface area contributed by atoms with E-state index in [1.807, 2.05) is 25.1 Å². The molecule has 31 heavy (non-hydrogen) atoms. The van der Waals surface area contributed by atoms with E-state index in [1.165, 1.54) is 7.11 Å². The number of nitrogens with one attached hydrogen (secondary N) is 3. The molecule has 0 aliphatic rings. The Bertz CT molecular complexity index is 1010. The van der Waals surface area contributed by atoms with Crippen LogP contribution < -0.4 is 16.1 Å². The van der Waals surface area contributed by atoms with Gasteiger partial charge in [0.25, 0.3) is 0 Å². The molecule has 0 unspecified atom stereocenters. The van der Waals surface area contributed by atoms with Gasteiger partial charge in [-0.1, -0.05) is 6.07 Å².